The quantitative estimate of drug-likeness (QED) is 0.183. The van der Waals surface area contributed by atoms with Crippen LogP contribution in [0.5, 0.6) is 0 Å². The minimum absolute atomic E-state index is 0.0969. The van der Waals surface area contributed by atoms with Crippen molar-refractivity contribution >= 4 is 56.2 Å². The van der Waals surface area contributed by atoms with Gasteiger partial charge in [0.2, 0.25) is 0 Å². The molecule has 53 heavy (non-hydrogen) atoms. The monoisotopic (exact) mass is 681 g/mol. The van der Waals surface area contributed by atoms with Gasteiger partial charge in [-0.2, -0.15) is 0 Å². The Balaban J connectivity index is 1.24. The zero-order valence-electron chi connectivity index (χ0n) is 30.2. The first-order chi connectivity index (χ1) is 26.0. The smallest absolute Gasteiger partial charge is 0.0713 e. The van der Waals surface area contributed by atoms with Crippen molar-refractivity contribution in [2.45, 2.75) is 37.6 Å². The van der Waals surface area contributed by atoms with Crippen molar-refractivity contribution in [1.29, 1.82) is 0 Å². The zero-order valence-corrected chi connectivity index (χ0v) is 30.2. The van der Waals surface area contributed by atoms with Crippen LogP contribution in [0.3, 0.4) is 0 Å². The molecular weight excluding hydrogens is 643 g/mol. The van der Waals surface area contributed by atoms with Gasteiger partial charge in [0, 0.05) is 55.9 Å². The molecule has 7 aromatic carbocycles. The number of nitrogens with zero attached hydrogens (tertiary/aromatic N) is 3. The molecule has 2 aliphatic heterocycles. The molecule has 11 rings (SSSR count). The van der Waals surface area contributed by atoms with Crippen LogP contribution in [0.1, 0.15) is 43.2 Å². The average molecular weight is 682 g/mol. The van der Waals surface area contributed by atoms with E-state index in [1.807, 2.05) is 0 Å². The fourth-order valence-electron chi connectivity index (χ4n) is 10.1. The third-order valence-corrected chi connectivity index (χ3v) is 12.5. The van der Waals surface area contributed by atoms with E-state index in [0.29, 0.717) is 0 Å². The van der Waals surface area contributed by atoms with Gasteiger partial charge in [-0.25, -0.2) is 0 Å². The minimum Gasteiger partial charge on any atom is -0.332 e. The lowest BCUT2D eigenvalue weighted by molar-refractivity contribution is 0.425. The second-order valence-electron chi connectivity index (χ2n) is 15.5. The Morgan fingerprint density at radius 2 is 1.23 bits per heavy atom. The Hall–Kier alpha value is -6.32. The van der Waals surface area contributed by atoms with Crippen LogP contribution in [0, 0.1) is 0 Å². The summed E-state index contributed by atoms with van der Waals surface area (Å²) in [7, 11) is 0. The summed E-state index contributed by atoms with van der Waals surface area (Å²) in [5, 5.41) is 3.76. The van der Waals surface area contributed by atoms with Gasteiger partial charge >= 0.3 is 0 Å². The standard InChI is InChI=1S/C50H39N3/c1-49(2)40-25-13-15-27-45(40)53-46-31-36(51(34-19-6-4-7-20-34)43-28-16-18-33-17-10-11-23-37(33)43)29-30-41(46)50(3)47-39(32-42(49)48(50)53)38-24-12-14-26-44(38)52(47)35-21-8-5-9-22-35/h4-32,48H,1-3H3. The normalized spacial score (nSPS) is 19.0. The van der Waals surface area contributed by atoms with Crippen molar-refractivity contribution < 1.29 is 0 Å². The van der Waals surface area contributed by atoms with E-state index in [9.17, 15) is 0 Å². The molecule has 3 heteroatoms. The van der Waals surface area contributed by atoms with Gasteiger partial charge in [0.1, 0.15) is 0 Å². The zero-order chi connectivity index (χ0) is 35.5. The van der Waals surface area contributed by atoms with E-state index in [4.69, 9.17) is 0 Å². The van der Waals surface area contributed by atoms with Gasteiger partial charge in [-0.3, -0.25) is 0 Å². The number of rotatable bonds is 4. The molecule has 0 N–H and O–H groups in total. The van der Waals surface area contributed by atoms with Crippen LogP contribution in [0.15, 0.2) is 175 Å². The highest BCUT2D eigenvalue weighted by Crippen LogP contribution is 2.65. The average Bonchev–Trinajstić information content (AvgIpc) is 3.68. The lowest BCUT2D eigenvalue weighted by atomic mass is 9.60. The molecule has 2 unspecified atom stereocenters. The Bertz CT molecular complexity index is 2790. The number of aromatic nitrogens is 1. The van der Waals surface area contributed by atoms with Gasteiger partial charge in [-0.1, -0.05) is 135 Å². The summed E-state index contributed by atoms with van der Waals surface area (Å²) in [6.07, 6.45) is 2.56. The van der Waals surface area contributed by atoms with Gasteiger partial charge in [0.25, 0.3) is 0 Å². The van der Waals surface area contributed by atoms with E-state index in [-0.39, 0.29) is 16.9 Å². The molecular formula is C50H39N3. The van der Waals surface area contributed by atoms with Gasteiger partial charge in [0.15, 0.2) is 0 Å². The number of hydrogen-bond acceptors (Lipinski definition) is 2. The van der Waals surface area contributed by atoms with E-state index in [2.05, 4.69) is 211 Å². The third kappa shape index (κ3) is 4.00. The molecule has 0 spiro atoms. The molecule has 0 fully saturated rings. The van der Waals surface area contributed by atoms with Crippen molar-refractivity contribution in [2.24, 2.45) is 0 Å². The maximum absolute atomic E-state index is 2.69. The molecule has 0 saturated carbocycles. The first-order valence-electron chi connectivity index (χ1n) is 18.7. The number of benzene rings is 7. The van der Waals surface area contributed by atoms with E-state index >= 15 is 0 Å². The lowest BCUT2D eigenvalue weighted by Crippen LogP contribution is -2.53. The van der Waals surface area contributed by atoms with E-state index in [1.54, 1.807) is 0 Å². The Labute approximate surface area is 310 Å². The molecule has 0 saturated heterocycles. The maximum atomic E-state index is 2.69. The number of hydrogen-bond donors (Lipinski definition) is 0. The van der Waals surface area contributed by atoms with Crippen molar-refractivity contribution in [2.75, 3.05) is 9.80 Å². The molecule has 2 atom stereocenters. The molecule has 0 amide bonds. The van der Waals surface area contributed by atoms with Crippen LogP contribution in [0.25, 0.3) is 33.4 Å². The summed E-state index contributed by atoms with van der Waals surface area (Å²) in [6.45, 7) is 7.38. The van der Waals surface area contributed by atoms with Crippen LogP contribution < -0.4 is 9.80 Å². The number of fused-ring (bicyclic) bond motifs is 10. The molecule has 1 aromatic heterocycles. The highest BCUT2D eigenvalue weighted by Gasteiger charge is 2.60. The van der Waals surface area contributed by atoms with Crippen LogP contribution in [-0.2, 0) is 10.8 Å². The summed E-state index contributed by atoms with van der Waals surface area (Å²) in [4.78, 5) is 5.13. The van der Waals surface area contributed by atoms with Gasteiger partial charge in [-0.15, -0.1) is 0 Å². The third-order valence-electron chi connectivity index (χ3n) is 12.5. The summed E-state index contributed by atoms with van der Waals surface area (Å²) < 4.78 is 2.55. The molecule has 8 aromatic rings. The van der Waals surface area contributed by atoms with Crippen molar-refractivity contribution in [3.05, 3.63) is 198 Å². The Kier molecular flexibility index (Phi) is 6.21. The SMILES string of the molecule is CC1(C)C2=Cc3c(n(-c4ccccc4)c4ccccc34)C3(C)c4ccc(N(c5ccccc5)c5cccc6ccccc56)cc4N(c4ccccc41)C23. The van der Waals surface area contributed by atoms with Crippen LogP contribution in [-0.4, -0.2) is 10.6 Å². The second kappa shape index (κ2) is 10.8. The van der Waals surface area contributed by atoms with Crippen molar-refractivity contribution in [3.8, 4) is 5.69 Å². The number of anilines is 5. The van der Waals surface area contributed by atoms with Gasteiger partial charge in [-0.05, 0) is 83.6 Å². The summed E-state index contributed by atoms with van der Waals surface area (Å²) >= 11 is 0. The summed E-state index contributed by atoms with van der Waals surface area (Å²) in [6, 6.07) is 62.6. The highest BCUT2D eigenvalue weighted by atomic mass is 15.2. The van der Waals surface area contributed by atoms with Crippen molar-refractivity contribution in [1.82, 2.24) is 4.57 Å². The summed E-state index contributed by atoms with van der Waals surface area (Å²) in [5.41, 5.74) is 14.8. The lowest BCUT2D eigenvalue weighted by Gasteiger charge is -2.51. The Morgan fingerprint density at radius 1 is 0.547 bits per heavy atom. The van der Waals surface area contributed by atoms with Crippen LogP contribution in [0.4, 0.5) is 28.4 Å². The molecule has 3 nitrogen and oxygen atoms in total. The van der Waals surface area contributed by atoms with E-state index in [0.717, 1.165) is 11.4 Å². The highest BCUT2D eigenvalue weighted by molar-refractivity contribution is 6.01. The second-order valence-corrected chi connectivity index (χ2v) is 15.5. The predicted molar refractivity (Wildman–Crippen MR) is 222 cm³/mol. The first kappa shape index (κ1) is 30.3. The molecule has 1 aliphatic carbocycles. The van der Waals surface area contributed by atoms with Crippen LogP contribution in [0.2, 0.25) is 0 Å². The number of para-hydroxylation sites is 4. The van der Waals surface area contributed by atoms with E-state index < -0.39 is 0 Å². The molecule has 254 valence electrons. The topological polar surface area (TPSA) is 11.4 Å². The fraction of sp³-hybridized carbons (Fsp3) is 0.120. The van der Waals surface area contributed by atoms with Gasteiger partial charge < -0.3 is 14.4 Å². The van der Waals surface area contributed by atoms with Crippen molar-refractivity contribution in [3.63, 3.8) is 0 Å². The van der Waals surface area contributed by atoms with E-state index in [1.165, 1.54) is 72.4 Å². The van der Waals surface area contributed by atoms with Crippen LogP contribution >= 0.6 is 0 Å². The maximum Gasteiger partial charge on any atom is 0.0713 e. The largest absolute Gasteiger partial charge is 0.332 e. The summed E-state index contributed by atoms with van der Waals surface area (Å²) in [5.74, 6) is 0. The molecule has 3 heterocycles. The molecule has 0 radical (unpaired) electrons. The minimum atomic E-state index is -0.357. The predicted octanol–water partition coefficient (Wildman–Crippen LogP) is 12.8. The molecule has 3 aliphatic rings. The fourth-order valence-corrected chi connectivity index (χ4v) is 10.1. The Morgan fingerprint density at radius 3 is 2.06 bits per heavy atom. The molecule has 0 bridgehead atoms. The van der Waals surface area contributed by atoms with Gasteiger partial charge in [0.05, 0.1) is 22.7 Å². The first-order valence-corrected chi connectivity index (χ1v) is 18.7.